The maximum Gasteiger partial charge on any atom is 0.355 e. The SMILES string of the molecule is COC(=O)C1=NN(c2ccc(C)cc2)C2C(=O)N(c3ccc(Br)cc3)C(=O)C12. The summed E-state index contributed by atoms with van der Waals surface area (Å²) in [6, 6.07) is 13.3. The van der Waals surface area contributed by atoms with Gasteiger partial charge in [0.1, 0.15) is 12.0 Å². The van der Waals surface area contributed by atoms with Gasteiger partial charge >= 0.3 is 5.97 Å². The Morgan fingerprint density at radius 1 is 1.00 bits per heavy atom. The van der Waals surface area contributed by atoms with E-state index in [1.807, 2.05) is 19.1 Å². The van der Waals surface area contributed by atoms with Gasteiger partial charge in [-0.15, -0.1) is 0 Å². The van der Waals surface area contributed by atoms with Gasteiger partial charge in [0.25, 0.3) is 5.91 Å². The molecule has 2 aromatic rings. The number of carbonyl (C=O) groups is 3. The minimum absolute atomic E-state index is 0.0639. The lowest BCUT2D eigenvalue weighted by Crippen LogP contribution is -2.39. The highest BCUT2D eigenvalue weighted by Crippen LogP contribution is 2.38. The topological polar surface area (TPSA) is 79.3 Å². The molecule has 0 saturated carbocycles. The molecule has 0 aliphatic carbocycles. The largest absolute Gasteiger partial charge is 0.464 e. The zero-order valence-corrected chi connectivity index (χ0v) is 16.7. The van der Waals surface area contributed by atoms with Crippen LogP contribution in [-0.4, -0.2) is 36.6 Å². The number of benzene rings is 2. The molecule has 7 nitrogen and oxygen atoms in total. The number of hydrogen-bond acceptors (Lipinski definition) is 6. The molecular weight excluding hydrogens is 426 g/mol. The highest BCUT2D eigenvalue weighted by molar-refractivity contribution is 9.10. The Bertz CT molecular complexity index is 1000. The maximum absolute atomic E-state index is 13.2. The second-order valence-electron chi connectivity index (χ2n) is 6.57. The number of aryl methyl sites for hydroxylation is 1. The number of anilines is 2. The summed E-state index contributed by atoms with van der Waals surface area (Å²) in [7, 11) is 1.22. The van der Waals surface area contributed by atoms with E-state index >= 15 is 0 Å². The van der Waals surface area contributed by atoms with E-state index in [-0.39, 0.29) is 5.71 Å². The Kier molecular flexibility index (Phi) is 4.50. The zero-order valence-electron chi connectivity index (χ0n) is 15.1. The molecule has 0 spiro atoms. The molecule has 2 aliphatic heterocycles. The molecule has 0 bridgehead atoms. The summed E-state index contributed by atoms with van der Waals surface area (Å²) < 4.78 is 5.63. The normalized spacial score (nSPS) is 21.0. The first-order valence-corrected chi connectivity index (χ1v) is 9.38. The molecule has 28 heavy (non-hydrogen) atoms. The van der Waals surface area contributed by atoms with Gasteiger partial charge in [0, 0.05) is 4.47 Å². The van der Waals surface area contributed by atoms with Crippen molar-refractivity contribution in [2.75, 3.05) is 17.0 Å². The van der Waals surface area contributed by atoms with Crippen LogP contribution in [0, 0.1) is 12.8 Å². The van der Waals surface area contributed by atoms with Crippen molar-refractivity contribution in [3.05, 3.63) is 58.6 Å². The van der Waals surface area contributed by atoms with Crippen LogP contribution >= 0.6 is 15.9 Å². The zero-order chi connectivity index (χ0) is 20.0. The number of esters is 1. The molecule has 2 aliphatic rings. The second-order valence-corrected chi connectivity index (χ2v) is 7.48. The number of imide groups is 1. The van der Waals surface area contributed by atoms with Crippen LogP contribution in [0.3, 0.4) is 0 Å². The molecule has 0 radical (unpaired) electrons. The molecule has 1 fully saturated rings. The fourth-order valence-electron chi connectivity index (χ4n) is 3.44. The van der Waals surface area contributed by atoms with E-state index in [0.717, 1.165) is 14.9 Å². The van der Waals surface area contributed by atoms with Crippen molar-refractivity contribution >= 4 is 50.8 Å². The quantitative estimate of drug-likeness (QED) is 0.540. The van der Waals surface area contributed by atoms with Crippen LogP contribution in [-0.2, 0) is 19.1 Å². The van der Waals surface area contributed by atoms with Crippen molar-refractivity contribution in [2.24, 2.45) is 11.0 Å². The molecule has 4 rings (SSSR count). The van der Waals surface area contributed by atoms with Gasteiger partial charge in [-0.05, 0) is 43.3 Å². The van der Waals surface area contributed by atoms with Crippen LogP contribution in [0.4, 0.5) is 11.4 Å². The molecule has 2 aromatic carbocycles. The van der Waals surface area contributed by atoms with Gasteiger partial charge in [-0.2, -0.15) is 5.10 Å². The van der Waals surface area contributed by atoms with Gasteiger partial charge in [0.15, 0.2) is 5.71 Å². The van der Waals surface area contributed by atoms with Crippen molar-refractivity contribution in [1.29, 1.82) is 0 Å². The maximum atomic E-state index is 13.2. The van der Waals surface area contributed by atoms with Crippen LogP contribution in [0.5, 0.6) is 0 Å². The van der Waals surface area contributed by atoms with Gasteiger partial charge in [0.05, 0.1) is 18.5 Å². The molecule has 142 valence electrons. The van der Waals surface area contributed by atoms with E-state index in [2.05, 4.69) is 21.0 Å². The Morgan fingerprint density at radius 2 is 1.61 bits per heavy atom. The van der Waals surface area contributed by atoms with E-state index < -0.39 is 29.7 Å². The van der Waals surface area contributed by atoms with Crippen molar-refractivity contribution in [3.8, 4) is 0 Å². The Hall–Kier alpha value is -3.00. The molecular formula is C20H16BrN3O4. The van der Waals surface area contributed by atoms with Gasteiger partial charge in [-0.1, -0.05) is 33.6 Å². The number of fused-ring (bicyclic) bond motifs is 1. The summed E-state index contributed by atoms with van der Waals surface area (Å²) in [5, 5.41) is 5.73. The fraction of sp³-hybridized carbons (Fsp3) is 0.200. The van der Waals surface area contributed by atoms with Crippen LogP contribution in [0.1, 0.15) is 5.56 Å². The minimum Gasteiger partial charge on any atom is -0.464 e. The predicted octanol–water partition coefficient (Wildman–Crippen LogP) is 2.66. The second kappa shape index (κ2) is 6.87. The van der Waals surface area contributed by atoms with E-state index in [1.54, 1.807) is 36.4 Å². The third kappa shape index (κ3) is 2.80. The molecule has 2 atom stereocenters. The number of hydrogen-bond donors (Lipinski definition) is 0. The standard InChI is InChI=1S/C20H16BrN3O4/c1-11-3-7-14(8-4-11)24-17-15(16(22-24)20(27)28-2)18(25)23(19(17)26)13-9-5-12(21)6-10-13/h3-10,15,17H,1-2H3. The number of ether oxygens (including phenoxy) is 1. The van der Waals surface area contributed by atoms with Crippen LogP contribution in [0.15, 0.2) is 58.1 Å². The van der Waals surface area contributed by atoms with Crippen molar-refractivity contribution in [1.82, 2.24) is 0 Å². The lowest BCUT2D eigenvalue weighted by atomic mass is 9.97. The third-order valence-electron chi connectivity index (χ3n) is 4.83. The smallest absolute Gasteiger partial charge is 0.355 e. The molecule has 2 heterocycles. The highest BCUT2D eigenvalue weighted by Gasteiger charge is 2.59. The summed E-state index contributed by atoms with van der Waals surface area (Å²) >= 11 is 3.34. The number of amides is 2. The first-order valence-electron chi connectivity index (χ1n) is 8.58. The van der Waals surface area contributed by atoms with Crippen molar-refractivity contribution < 1.29 is 19.1 Å². The van der Waals surface area contributed by atoms with E-state index in [4.69, 9.17) is 4.74 Å². The van der Waals surface area contributed by atoms with Crippen LogP contribution in [0.2, 0.25) is 0 Å². The Balaban J connectivity index is 1.79. The van der Waals surface area contributed by atoms with Gasteiger partial charge in [-0.3, -0.25) is 14.6 Å². The Labute approximate surface area is 169 Å². The highest BCUT2D eigenvalue weighted by atomic mass is 79.9. The first-order chi connectivity index (χ1) is 13.4. The fourth-order valence-corrected chi connectivity index (χ4v) is 3.71. The molecule has 2 amide bonds. The molecule has 2 unspecified atom stereocenters. The van der Waals surface area contributed by atoms with Crippen molar-refractivity contribution in [2.45, 2.75) is 13.0 Å². The molecule has 8 heteroatoms. The van der Waals surface area contributed by atoms with Crippen LogP contribution in [0.25, 0.3) is 0 Å². The number of rotatable bonds is 3. The summed E-state index contributed by atoms with van der Waals surface area (Å²) in [5.74, 6) is -2.65. The van der Waals surface area contributed by atoms with Crippen LogP contribution < -0.4 is 9.91 Å². The monoisotopic (exact) mass is 441 g/mol. The van der Waals surface area contributed by atoms with Gasteiger partial charge in [0.2, 0.25) is 5.91 Å². The van der Waals surface area contributed by atoms with Gasteiger partial charge in [-0.25, -0.2) is 9.69 Å². The summed E-state index contributed by atoms with van der Waals surface area (Å²) in [5.41, 5.74) is 2.05. The van der Waals surface area contributed by atoms with Crippen molar-refractivity contribution in [3.63, 3.8) is 0 Å². The van der Waals surface area contributed by atoms with E-state index in [1.165, 1.54) is 12.1 Å². The molecule has 1 saturated heterocycles. The minimum atomic E-state index is -1.01. The number of methoxy groups -OCH3 is 1. The lowest BCUT2D eigenvalue weighted by Gasteiger charge is -2.22. The molecule has 0 aromatic heterocycles. The van der Waals surface area contributed by atoms with E-state index in [0.29, 0.717) is 11.4 Å². The third-order valence-corrected chi connectivity index (χ3v) is 5.36. The number of nitrogens with zero attached hydrogens (tertiary/aromatic N) is 3. The number of hydrazone groups is 1. The summed E-state index contributed by atoms with van der Waals surface area (Å²) in [6.07, 6.45) is 0. The van der Waals surface area contributed by atoms with E-state index in [9.17, 15) is 14.4 Å². The lowest BCUT2D eigenvalue weighted by molar-refractivity contribution is -0.133. The summed E-state index contributed by atoms with van der Waals surface area (Å²) in [6.45, 7) is 1.94. The first kappa shape index (κ1) is 18.4. The van der Waals surface area contributed by atoms with Gasteiger partial charge < -0.3 is 4.74 Å². The number of halogens is 1. The molecule has 0 N–H and O–H groups in total. The average molecular weight is 442 g/mol. The Morgan fingerprint density at radius 3 is 2.21 bits per heavy atom. The predicted molar refractivity (Wildman–Crippen MR) is 107 cm³/mol. The average Bonchev–Trinajstić information content (AvgIpc) is 3.20. The number of carbonyl (C=O) groups excluding carboxylic acids is 3. The summed E-state index contributed by atoms with van der Waals surface area (Å²) in [4.78, 5) is 39.7.